The van der Waals surface area contributed by atoms with Gasteiger partial charge < -0.3 is 14.8 Å². The maximum atomic E-state index is 5.78. The number of anilines is 1. The van der Waals surface area contributed by atoms with Crippen LogP contribution >= 0.6 is 0 Å². The fourth-order valence-electron chi connectivity index (χ4n) is 2.55. The van der Waals surface area contributed by atoms with Gasteiger partial charge in [-0.05, 0) is 62.2 Å². The van der Waals surface area contributed by atoms with Gasteiger partial charge in [-0.2, -0.15) is 0 Å². The molecule has 25 heavy (non-hydrogen) atoms. The number of rotatable bonds is 11. The van der Waals surface area contributed by atoms with Gasteiger partial charge >= 0.3 is 0 Å². The summed E-state index contributed by atoms with van der Waals surface area (Å²) in [5, 5.41) is 3.43. The molecule has 3 nitrogen and oxygen atoms in total. The third-order valence-electron chi connectivity index (χ3n) is 3.91. The molecule has 0 radical (unpaired) electrons. The Bertz CT molecular complexity index is 590. The summed E-state index contributed by atoms with van der Waals surface area (Å²) in [6.07, 6.45) is 5.13. The molecule has 2 aromatic rings. The molecule has 3 heteroatoms. The molecular formula is C22H31NO2. The first-order valence-corrected chi connectivity index (χ1v) is 9.39. The van der Waals surface area contributed by atoms with Gasteiger partial charge in [0.25, 0.3) is 0 Å². The Morgan fingerprint density at radius 1 is 0.840 bits per heavy atom. The van der Waals surface area contributed by atoms with E-state index in [-0.39, 0.29) is 6.10 Å². The molecule has 0 aliphatic heterocycles. The first kappa shape index (κ1) is 19.2. The Kier molecular flexibility index (Phi) is 8.17. The van der Waals surface area contributed by atoms with E-state index in [0.29, 0.717) is 0 Å². The molecule has 0 spiro atoms. The largest absolute Gasteiger partial charge is 0.494 e. The lowest BCUT2D eigenvalue weighted by Gasteiger charge is -2.11. The summed E-state index contributed by atoms with van der Waals surface area (Å²) in [4.78, 5) is 0. The van der Waals surface area contributed by atoms with Gasteiger partial charge in [-0.1, -0.05) is 38.3 Å². The maximum absolute atomic E-state index is 5.78. The second-order valence-corrected chi connectivity index (χ2v) is 6.60. The summed E-state index contributed by atoms with van der Waals surface area (Å²) in [5.41, 5.74) is 2.33. The average molecular weight is 341 g/mol. The lowest BCUT2D eigenvalue weighted by atomic mass is 10.2. The van der Waals surface area contributed by atoms with Gasteiger partial charge in [-0.15, -0.1) is 0 Å². The minimum Gasteiger partial charge on any atom is -0.494 e. The van der Waals surface area contributed by atoms with Gasteiger partial charge in [0, 0.05) is 12.2 Å². The average Bonchev–Trinajstić information content (AvgIpc) is 2.61. The third-order valence-corrected chi connectivity index (χ3v) is 3.91. The molecule has 1 N–H and O–H groups in total. The van der Waals surface area contributed by atoms with Gasteiger partial charge in [0.2, 0.25) is 0 Å². The number of nitrogens with one attached hydrogen (secondary N) is 1. The monoisotopic (exact) mass is 341 g/mol. The van der Waals surface area contributed by atoms with Crippen LogP contribution in [-0.2, 0) is 6.54 Å². The molecule has 2 rings (SSSR count). The maximum Gasteiger partial charge on any atom is 0.119 e. The van der Waals surface area contributed by atoms with Gasteiger partial charge in [-0.3, -0.25) is 0 Å². The summed E-state index contributed by atoms with van der Waals surface area (Å²) >= 11 is 0. The molecule has 2 aromatic carbocycles. The highest BCUT2D eigenvalue weighted by Crippen LogP contribution is 2.18. The minimum atomic E-state index is 0.200. The summed E-state index contributed by atoms with van der Waals surface area (Å²) in [6.45, 7) is 7.89. The predicted octanol–water partition coefficient (Wildman–Crippen LogP) is 6.05. The zero-order valence-corrected chi connectivity index (χ0v) is 15.8. The molecule has 0 saturated carbocycles. The van der Waals surface area contributed by atoms with Gasteiger partial charge in [0.15, 0.2) is 0 Å². The number of hydrogen-bond donors (Lipinski definition) is 1. The first-order valence-electron chi connectivity index (χ1n) is 9.39. The van der Waals surface area contributed by atoms with Crippen molar-refractivity contribution in [2.45, 2.75) is 59.1 Å². The van der Waals surface area contributed by atoms with Crippen molar-refractivity contribution in [2.75, 3.05) is 11.9 Å². The van der Waals surface area contributed by atoms with E-state index in [1.54, 1.807) is 0 Å². The van der Waals surface area contributed by atoms with Crippen molar-refractivity contribution in [1.29, 1.82) is 0 Å². The molecule has 0 atom stereocenters. The summed E-state index contributed by atoms with van der Waals surface area (Å²) in [6, 6.07) is 16.4. The zero-order valence-electron chi connectivity index (χ0n) is 15.8. The van der Waals surface area contributed by atoms with Crippen LogP contribution in [0.4, 0.5) is 5.69 Å². The van der Waals surface area contributed by atoms with Crippen LogP contribution in [0.5, 0.6) is 11.5 Å². The lowest BCUT2D eigenvalue weighted by Crippen LogP contribution is -2.05. The quantitative estimate of drug-likeness (QED) is 0.505. The molecule has 0 saturated heterocycles. The van der Waals surface area contributed by atoms with E-state index in [9.17, 15) is 0 Å². The second-order valence-electron chi connectivity index (χ2n) is 6.60. The molecule has 0 aromatic heterocycles. The summed E-state index contributed by atoms with van der Waals surface area (Å²) < 4.78 is 11.4. The molecule has 0 heterocycles. The van der Waals surface area contributed by atoms with Crippen LogP contribution in [-0.4, -0.2) is 12.7 Å². The summed E-state index contributed by atoms with van der Waals surface area (Å²) in [7, 11) is 0. The van der Waals surface area contributed by atoms with Crippen molar-refractivity contribution in [1.82, 2.24) is 0 Å². The molecular weight excluding hydrogens is 310 g/mol. The molecule has 0 fully saturated rings. The minimum absolute atomic E-state index is 0.200. The fraction of sp³-hybridized carbons (Fsp3) is 0.455. The fourth-order valence-corrected chi connectivity index (χ4v) is 2.55. The first-order chi connectivity index (χ1) is 12.2. The van der Waals surface area contributed by atoms with E-state index in [0.717, 1.165) is 36.8 Å². The van der Waals surface area contributed by atoms with Crippen LogP contribution in [0.2, 0.25) is 0 Å². The van der Waals surface area contributed by atoms with Crippen molar-refractivity contribution >= 4 is 5.69 Å². The second kappa shape index (κ2) is 10.7. The number of ether oxygens (including phenoxy) is 2. The van der Waals surface area contributed by atoms with Crippen LogP contribution in [0, 0.1) is 0 Å². The van der Waals surface area contributed by atoms with Crippen molar-refractivity contribution in [3.63, 3.8) is 0 Å². The van der Waals surface area contributed by atoms with Crippen LogP contribution in [0.3, 0.4) is 0 Å². The van der Waals surface area contributed by atoms with Crippen molar-refractivity contribution < 1.29 is 9.47 Å². The molecule has 136 valence electrons. The van der Waals surface area contributed by atoms with E-state index in [2.05, 4.69) is 36.5 Å². The van der Waals surface area contributed by atoms with E-state index >= 15 is 0 Å². The topological polar surface area (TPSA) is 30.5 Å². The number of hydrogen-bond acceptors (Lipinski definition) is 3. The predicted molar refractivity (Wildman–Crippen MR) is 106 cm³/mol. The number of unbranched alkanes of at least 4 members (excludes halogenated alkanes) is 3. The van der Waals surface area contributed by atoms with E-state index in [4.69, 9.17) is 9.47 Å². The standard InChI is InChI=1S/C22H31NO2/c1-4-5-6-7-16-24-21-12-8-19(9-13-21)17-23-20-10-14-22(15-11-20)25-18(2)3/h8-15,18,23H,4-7,16-17H2,1-3H3. The highest BCUT2D eigenvalue weighted by Gasteiger charge is 1.99. The van der Waals surface area contributed by atoms with Crippen LogP contribution < -0.4 is 14.8 Å². The SMILES string of the molecule is CCCCCCOc1ccc(CNc2ccc(OC(C)C)cc2)cc1. The normalized spacial score (nSPS) is 10.7. The Morgan fingerprint density at radius 2 is 1.52 bits per heavy atom. The van der Waals surface area contributed by atoms with Gasteiger partial charge in [0.05, 0.1) is 12.7 Å². The van der Waals surface area contributed by atoms with E-state index in [1.165, 1.54) is 24.8 Å². The Balaban J connectivity index is 1.73. The van der Waals surface area contributed by atoms with Crippen LogP contribution in [0.1, 0.15) is 52.0 Å². The molecule has 0 aliphatic carbocycles. The van der Waals surface area contributed by atoms with Crippen molar-refractivity contribution in [3.05, 3.63) is 54.1 Å². The smallest absolute Gasteiger partial charge is 0.119 e. The Hall–Kier alpha value is -2.16. The molecule has 0 unspecified atom stereocenters. The Morgan fingerprint density at radius 3 is 2.16 bits per heavy atom. The molecule has 0 bridgehead atoms. The third kappa shape index (κ3) is 7.51. The highest BCUT2D eigenvalue weighted by molar-refractivity contribution is 5.47. The summed E-state index contributed by atoms with van der Waals surface area (Å²) in [5.74, 6) is 1.86. The van der Waals surface area contributed by atoms with E-state index in [1.807, 2.05) is 38.1 Å². The Labute approximate surface area is 152 Å². The van der Waals surface area contributed by atoms with Gasteiger partial charge in [0.1, 0.15) is 11.5 Å². The number of benzene rings is 2. The van der Waals surface area contributed by atoms with Crippen LogP contribution in [0.25, 0.3) is 0 Å². The molecule has 0 aliphatic rings. The molecule has 0 amide bonds. The van der Waals surface area contributed by atoms with Crippen LogP contribution in [0.15, 0.2) is 48.5 Å². The lowest BCUT2D eigenvalue weighted by molar-refractivity contribution is 0.242. The zero-order chi connectivity index (χ0) is 17.9. The van der Waals surface area contributed by atoms with Crippen molar-refractivity contribution in [2.24, 2.45) is 0 Å². The highest BCUT2D eigenvalue weighted by atomic mass is 16.5. The van der Waals surface area contributed by atoms with E-state index < -0.39 is 0 Å². The van der Waals surface area contributed by atoms with Crippen molar-refractivity contribution in [3.8, 4) is 11.5 Å². The van der Waals surface area contributed by atoms with Gasteiger partial charge in [-0.25, -0.2) is 0 Å².